The van der Waals surface area contributed by atoms with Crippen molar-refractivity contribution in [3.8, 4) is 0 Å². The lowest BCUT2D eigenvalue weighted by molar-refractivity contribution is -0.116. The standard InChI is InChI=1S/C12H11FN4O3/c13-7-1-2-8(14)9(5-7)15-11(19)6-17-4-3-10(18)16-12(17)20/h1-5H,6,14H2,(H,15,19)(H,16,18,20). The second kappa shape index (κ2) is 5.39. The normalized spacial score (nSPS) is 10.2. The quantitative estimate of drug-likeness (QED) is 0.681. The van der Waals surface area contributed by atoms with Crippen molar-refractivity contribution in [3.63, 3.8) is 0 Å². The molecule has 1 amide bonds. The molecule has 0 atom stereocenters. The van der Waals surface area contributed by atoms with Crippen molar-refractivity contribution in [2.75, 3.05) is 11.1 Å². The first-order valence-corrected chi connectivity index (χ1v) is 5.60. The van der Waals surface area contributed by atoms with E-state index >= 15 is 0 Å². The first-order chi connectivity index (χ1) is 9.45. The zero-order valence-electron chi connectivity index (χ0n) is 10.2. The number of nitrogens with two attached hydrogens (primary N) is 1. The lowest BCUT2D eigenvalue weighted by atomic mass is 10.2. The van der Waals surface area contributed by atoms with E-state index in [0.29, 0.717) is 0 Å². The molecule has 4 N–H and O–H groups in total. The monoisotopic (exact) mass is 278 g/mol. The maximum absolute atomic E-state index is 13.0. The van der Waals surface area contributed by atoms with Crippen molar-refractivity contribution >= 4 is 17.3 Å². The number of nitrogens with zero attached hydrogens (tertiary/aromatic N) is 1. The Balaban J connectivity index is 2.15. The zero-order chi connectivity index (χ0) is 14.7. The number of carbonyl (C=O) groups excluding carboxylic acids is 1. The Hall–Kier alpha value is -2.90. The van der Waals surface area contributed by atoms with E-state index in [-0.39, 0.29) is 17.9 Å². The van der Waals surface area contributed by atoms with Crippen LogP contribution in [0, 0.1) is 5.82 Å². The minimum absolute atomic E-state index is 0.118. The first kappa shape index (κ1) is 13.5. The van der Waals surface area contributed by atoms with Crippen molar-refractivity contribution in [2.24, 2.45) is 0 Å². The van der Waals surface area contributed by atoms with Crippen molar-refractivity contribution in [1.82, 2.24) is 9.55 Å². The van der Waals surface area contributed by atoms with Crippen LogP contribution in [0.2, 0.25) is 0 Å². The van der Waals surface area contributed by atoms with Gasteiger partial charge in [-0.25, -0.2) is 9.18 Å². The Labute approximate surface area is 111 Å². The van der Waals surface area contributed by atoms with E-state index < -0.39 is 23.0 Å². The third kappa shape index (κ3) is 3.10. The van der Waals surface area contributed by atoms with E-state index in [0.717, 1.165) is 22.8 Å². The summed E-state index contributed by atoms with van der Waals surface area (Å²) in [5, 5.41) is 2.39. The molecule has 2 aromatic rings. The van der Waals surface area contributed by atoms with Gasteiger partial charge in [0.25, 0.3) is 5.56 Å². The van der Waals surface area contributed by atoms with Gasteiger partial charge in [0.05, 0.1) is 11.4 Å². The molecule has 0 aliphatic heterocycles. The summed E-state index contributed by atoms with van der Waals surface area (Å²) in [6, 6.07) is 4.67. The Morgan fingerprint density at radius 2 is 2.10 bits per heavy atom. The minimum atomic E-state index is -0.708. The number of nitrogens with one attached hydrogen (secondary N) is 2. The molecular formula is C12H11FN4O3. The van der Waals surface area contributed by atoms with Gasteiger partial charge in [0.1, 0.15) is 12.4 Å². The zero-order valence-corrected chi connectivity index (χ0v) is 10.2. The highest BCUT2D eigenvalue weighted by Gasteiger charge is 2.08. The predicted octanol–water partition coefficient (Wildman–Crippen LogP) is -0.103. The molecule has 1 aromatic carbocycles. The smallest absolute Gasteiger partial charge is 0.328 e. The van der Waals surface area contributed by atoms with Crippen LogP contribution in [-0.4, -0.2) is 15.5 Å². The number of aromatic amines is 1. The van der Waals surface area contributed by atoms with Gasteiger partial charge in [0, 0.05) is 12.3 Å². The fourth-order valence-electron chi connectivity index (χ4n) is 1.55. The summed E-state index contributed by atoms with van der Waals surface area (Å²) < 4.78 is 14.0. The second-order valence-electron chi connectivity index (χ2n) is 4.02. The molecule has 0 radical (unpaired) electrons. The summed E-state index contributed by atoms with van der Waals surface area (Å²) >= 11 is 0. The number of halogens is 1. The van der Waals surface area contributed by atoms with Crippen molar-refractivity contribution < 1.29 is 9.18 Å². The number of anilines is 2. The maximum atomic E-state index is 13.0. The van der Waals surface area contributed by atoms with Crippen LogP contribution in [0.1, 0.15) is 0 Å². The van der Waals surface area contributed by atoms with Crippen LogP contribution < -0.4 is 22.3 Å². The minimum Gasteiger partial charge on any atom is -0.397 e. The lowest BCUT2D eigenvalue weighted by Gasteiger charge is -2.09. The highest BCUT2D eigenvalue weighted by atomic mass is 19.1. The molecule has 7 nitrogen and oxygen atoms in total. The van der Waals surface area contributed by atoms with Crippen molar-refractivity contribution in [2.45, 2.75) is 6.54 Å². The highest BCUT2D eigenvalue weighted by molar-refractivity contribution is 5.93. The number of rotatable bonds is 3. The topological polar surface area (TPSA) is 110 Å². The number of nitrogen functional groups attached to an aromatic ring is 1. The largest absolute Gasteiger partial charge is 0.397 e. The van der Waals surface area contributed by atoms with Gasteiger partial charge >= 0.3 is 5.69 Å². The van der Waals surface area contributed by atoms with Gasteiger partial charge in [-0.05, 0) is 18.2 Å². The molecule has 0 aliphatic rings. The molecule has 1 heterocycles. The van der Waals surface area contributed by atoms with Crippen molar-refractivity contribution in [1.29, 1.82) is 0 Å². The molecule has 0 fully saturated rings. The summed E-state index contributed by atoms with van der Waals surface area (Å²) in [6.45, 7) is -0.328. The molecule has 0 spiro atoms. The van der Waals surface area contributed by atoms with Gasteiger partial charge in [-0.2, -0.15) is 0 Å². The Kier molecular flexibility index (Phi) is 3.65. The van der Waals surface area contributed by atoms with Crippen LogP contribution in [0.3, 0.4) is 0 Å². The summed E-state index contributed by atoms with van der Waals surface area (Å²) in [4.78, 5) is 36.0. The Morgan fingerprint density at radius 1 is 1.35 bits per heavy atom. The van der Waals surface area contributed by atoms with Gasteiger partial charge in [0.15, 0.2) is 0 Å². The summed E-state index contributed by atoms with van der Waals surface area (Å²) in [5.74, 6) is -1.12. The average Bonchev–Trinajstić information content (AvgIpc) is 2.37. The fraction of sp³-hybridized carbons (Fsp3) is 0.0833. The van der Waals surface area contributed by atoms with Gasteiger partial charge in [-0.15, -0.1) is 0 Å². The lowest BCUT2D eigenvalue weighted by Crippen LogP contribution is -2.32. The van der Waals surface area contributed by atoms with Crippen LogP contribution in [-0.2, 0) is 11.3 Å². The molecule has 1 aromatic heterocycles. The van der Waals surface area contributed by atoms with E-state index in [1.807, 2.05) is 4.98 Å². The Bertz CT molecular complexity index is 766. The number of amides is 1. The molecule has 8 heteroatoms. The van der Waals surface area contributed by atoms with E-state index in [1.165, 1.54) is 12.3 Å². The number of H-pyrrole nitrogens is 1. The van der Waals surface area contributed by atoms with Crippen LogP contribution in [0.4, 0.5) is 15.8 Å². The predicted molar refractivity (Wildman–Crippen MR) is 70.8 cm³/mol. The number of hydrogen-bond donors (Lipinski definition) is 3. The van der Waals surface area contributed by atoms with E-state index in [2.05, 4.69) is 5.32 Å². The van der Waals surface area contributed by atoms with Gasteiger partial charge in [0.2, 0.25) is 5.91 Å². The van der Waals surface area contributed by atoms with Crippen LogP contribution in [0.25, 0.3) is 0 Å². The van der Waals surface area contributed by atoms with Gasteiger partial charge in [-0.3, -0.25) is 19.1 Å². The molecule has 0 saturated heterocycles. The SMILES string of the molecule is Nc1ccc(F)cc1NC(=O)Cn1ccc(=O)[nH]c1=O. The van der Waals surface area contributed by atoms with E-state index in [9.17, 15) is 18.8 Å². The average molecular weight is 278 g/mol. The molecule has 0 aliphatic carbocycles. The Morgan fingerprint density at radius 3 is 2.80 bits per heavy atom. The number of hydrogen-bond acceptors (Lipinski definition) is 4. The maximum Gasteiger partial charge on any atom is 0.328 e. The van der Waals surface area contributed by atoms with Crippen LogP contribution >= 0.6 is 0 Å². The van der Waals surface area contributed by atoms with Gasteiger partial charge in [-0.1, -0.05) is 0 Å². The number of carbonyl (C=O) groups is 1. The second-order valence-corrected chi connectivity index (χ2v) is 4.02. The van der Waals surface area contributed by atoms with Gasteiger partial charge < -0.3 is 11.1 Å². The van der Waals surface area contributed by atoms with Crippen LogP contribution in [0.15, 0.2) is 40.1 Å². The molecule has 0 unspecified atom stereocenters. The third-order valence-corrected chi connectivity index (χ3v) is 2.50. The van der Waals surface area contributed by atoms with Crippen molar-refractivity contribution in [3.05, 3.63) is 57.1 Å². The van der Waals surface area contributed by atoms with Crippen LogP contribution in [0.5, 0.6) is 0 Å². The fourth-order valence-corrected chi connectivity index (χ4v) is 1.55. The summed E-state index contributed by atoms with van der Waals surface area (Å²) in [7, 11) is 0. The molecule has 0 bridgehead atoms. The first-order valence-electron chi connectivity index (χ1n) is 5.60. The molecule has 104 valence electrons. The number of benzene rings is 1. The number of aromatic nitrogens is 2. The van der Waals surface area contributed by atoms with E-state index in [1.54, 1.807) is 0 Å². The molecule has 20 heavy (non-hydrogen) atoms. The summed E-state index contributed by atoms with van der Waals surface area (Å²) in [6.07, 6.45) is 1.19. The molecule has 0 saturated carbocycles. The third-order valence-electron chi connectivity index (χ3n) is 2.50. The molecular weight excluding hydrogens is 267 g/mol. The summed E-state index contributed by atoms with van der Waals surface area (Å²) in [5.41, 5.74) is 4.64. The van der Waals surface area contributed by atoms with E-state index in [4.69, 9.17) is 5.73 Å². The highest BCUT2D eigenvalue weighted by Crippen LogP contribution is 2.18. The molecule has 2 rings (SSSR count).